The zero-order valence-corrected chi connectivity index (χ0v) is 5.39. The molecule has 0 atom stereocenters. The van der Waals surface area contributed by atoms with Crippen molar-refractivity contribution in [3.05, 3.63) is 36.1 Å². The standard InChI is InChI=1S/C7H8BF/c1-3-4-5-7(9)6(2)8/h3-5H,1H2,2H3/b5-4-,7-6-. The summed E-state index contributed by atoms with van der Waals surface area (Å²) in [5.41, 5.74) is 0.188. The first-order chi connectivity index (χ1) is 4.18. The number of hydrogen-bond acceptors (Lipinski definition) is 0. The van der Waals surface area contributed by atoms with Crippen LogP contribution < -0.4 is 0 Å². The van der Waals surface area contributed by atoms with Gasteiger partial charge in [0.1, 0.15) is 13.7 Å². The van der Waals surface area contributed by atoms with E-state index < -0.39 is 5.83 Å². The van der Waals surface area contributed by atoms with Gasteiger partial charge in [0.05, 0.1) is 0 Å². The molecule has 0 aromatic heterocycles. The van der Waals surface area contributed by atoms with Crippen LogP contribution in [-0.2, 0) is 0 Å². The van der Waals surface area contributed by atoms with E-state index in [1.807, 2.05) is 0 Å². The molecule has 0 spiro atoms. The van der Waals surface area contributed by atoms with Gasteiger partial charge in [-0.05, 0) is 6.08 Å². The lowest BCUT2D eigenvalue weighted by Gasteiger charge is -1.87. The van der Waals surface area contributed by atoms with Gasteiger partial charge < -0.3 is 0 Å². The highest BCUT2D eigenvalue weighted by atomic mass is 19.1. The molecule has 0 aliphatic rings. The van der Waals surface area contributed by atoms with Gasteiger partial charge in [-0.25, -0.2) is 4.39 Å². The second-order valence-corrected chi connectivity index (χ2v) is 1.63. The third kappa shape index (κ3) is 3.77. The van der Waals surface area contributed by atoms with Gasteiger partial charge in [-0.2, -0.15) is 0 Å². The van der Waals surface area contributed by atoms with Crippen molar-refractivity contribution >= 4 is 7.85 Å². The minimum Gasteiger partial charge on any atom is -0.208 e. The molecule has 0 aliphatic heterocycles. The van der Waals surface area contributed by atoms with Crippen LogP contribution in [0, 0.1) is 0 Å². The SMILES string of the molecule is [B]/C(C)=C(F)/C=C\C=C. The Morgan fingerprint density at radius 1 is 1.67 bits per heavy atom. The summed E-state index contributed by atoms with van der Waals surface area (Å²) in [6, 6.07) is 0. The van der Waals surface area contributed by atoms with Crippen LogP contribution in [0.1, 0.15) is 6.92 Å². The molecule has 0 aromatic carbocycles. The Morgan fingerprint density at radius 2 is 2.22 bits per heavy atom. The Bertz CT molecular complexity index is 152. The van der Waals surface area contributed by atoms with Crippen LogP contribution in [0.3, 0.4) is 0 Å². The molecule has 9 heavy (non-hydrogen) atoms. The van der Waals surface area contributed by atoms with E-state index in [9.17, 15) is 4.39 Å². The van der Waals surface area contributed by atoms with Crippen molar-refractivity contribution < 1.29 is 4.39 Å². The van der Waals surface area contributed by atoms with E-state index in [-0.39, 0.29) is 5.47 Å². The molecular formula is C7H8BF. The molecule has 2 radical (unpaired) electrons. The van der Waals surface area contributed by atoms with Crippen LogP contribution >= 0.6 is 0 Å². The first-order valence-corrected chi connectivity index (χ1v) is 2.59. The van der Waals surface area contributed by atoms with Gasteiger partial charge in [0.2, 0.25) is 0 Å². The number of halogens is 1. The summed E-state index contributed by atoms with van der Waals surface area (Å²) in [4.78, 5) is 0. The molecule has 0 aliphatic carbocycles. The predicted octanol–water partition coefficient (Wildman–Crippen LogP) is 2.10. The van der Waals surface area contributed by atoms with Crippen LogP contribution in [0.25, 0.3) is 0 Å². The summed E-state index contributed by atoms with van der Waals surface area (Å²) in [5, 5.41) is 0. The average Bonchev–Trinajstić information content (AvgIpc) is 1.82. The summed E-state index contributed by atoms with van der Waals surface area (Å²) in [5.74, 6) is -0.407. The molecule has 0 aromatic rings. The summed E-state index contributed by atoms with van der Waals surface area (Å²) in [7, 11) is 5.10. The normalized spacial score (nSPS) is 13.6. The largest absolute Gasteiger partial charge is 0.208 e. The van der Waals surface area contributed by atoms with Crippen molar-refractivity contribution in [2.45, 2.75) is 6.92 Å². The molecule has 0 unspecified atom stereocenters. The Balaban J connectivity index is 4.06. The fourth-order valence-electron chi connectivity index (χ4n) is 0.284. The number of hydrogen-bond donors (Lipinski definition) is 0. The van der Waals surface area contributed by atoms with Crippen molar-refractivity contribution in [3.8, 4) is 0 Å². The van der Waals surface area contributed by atoms with Crippen LogP contribution in [-0.4, -0.2) is 7.85 Å². The third-order valence-electron chi connectivity index (χ3n) is 0.755. The Morgan fingerprint density at radius 3 is 2.56 bits per heavy atom. The quantitative estimate of drug-likeness (QED) is 0.388. The first kappa shape index (κ1) is 8.21. The van der Waals surface area contributed by atoms with Gasteiger partial charge in [-0.1, -0.05) is 31.1 Å². The number of allylic oxidation sites excluding steroid dienone is 5. The number of rotatable bonds is 2. The smallest absolute Gasteiger partial charge is 0.112 e. The monoisotopic (exact) mass is 122 g/mol. The molecule has 0 saturated heterocycles. The van der Waals surface area contributed by atoms with E-state index in [0.717, 1.165) is 0 Å². The molecule has 0 fully saturated rings. The van der Waals surface area contributed by atoms with Gasteiger partial charge >= 0.3 is 0 Å². The molecular weight excluding hydrogens is 114 g/mol. The topological polar surface area (TPSA) is 0 Å². The van der Waals surface area contributed by atoms with E-state index in [1.54, 1.807) is 0 Å². The van der Waals surface area contributed by atoms with Crippen molar-refractivity contribution in [2.75, 3.05) is 0 Å². The summed E-state index contributed by atoms with van der Waals surface area (Å²) in [6.45, 7) is 4.88. The first-order valence-electron chi connectivity index (χ1n) is 2.59. The van der Waals surface area contributed by atoms with E-state index in [4.69, 9.17) is 7.85 Å². The highest BCUT2D eigenvalue weighted by molar-refractivity contribution is 6.21. The molecule has 0 heterocycles. The van der Waals surface area contributed by atoms with Gasteiger partial charge in [0, 0.05) is 0 Å². The molecule has 0 N–H and O–H groups in total. The highest BCUT2D eigenvalue weighted by Gasteiger charge is 1.86. The lowest BCUT2D eigenvalue weighted by atomic mass is 9.97. The molecule has 0 nitrogen and oxygen atoms in total. The molecule has 0 saturated carbocycles. The van der Waals surface area contributed by atoms with E-state index in [2.05, 4.69) is 6.58 Å². The Labute approximate surface area is 56.2 Å². The van der Waals surface area contributed by atoms with Crippen molar-refractivity contribution in [3.63, 3.8) is 0 Å². The maximum absolute atomic E-state index is 12.3. The van der Waals surface area contributed by atoms with Gasteiger partial charge in [-0.3, -0.25) is 0 Å². The Kier molecular flexibility index (Phi) is 3.77. The second-order valence-electron chi connectivity index (χ2n) is 1.63. The fourth-order valence-corrected chi connectivity index (χ4v) is 0.284. The minimum absolute atomic E-state index is 0.188. The lowest BCUT2D eigenvalue weighted by molar-refractivity contribution is 0.662. The van der Waals surface area contributed by atoms with E-state index >= 15 is 0 Å². The maximum atomic E-state index is 12.3. The summed E-state index contributed by atoms with van der Waals surface area (Å²) >= 11 is 0. The maximum Gasteiger partial charge on any atom is 0.112 e. The Hall–Kier alpha value is -0.785. The zero-order chi connectivity index (χ0) is 7.28. The summed E-state index contributed by atoms with van der Waals surface area (Å²) < 4.78 is 12.3. The van der Waals surface area contributed by atoms with Crippen molar-refractivity contribution in [2.24, 2.45) is 0 Å². The molecule has 2 heteroatoms. The predicted molar refractivity (Wildman–Crippen MR) is 38.9 cm³/mol. The van der Waals surface area contributed by atoms with Gasteiger partial charge in [0.25, 0.3) is 0 Å². The fraction of sp³-hybridized carbons (Fsp3) is 0.143. The molecule has 46 valence electrons. The zero-order valence-electron chi connectivity index (χ0n) is 5.39. The van der Waals surface area contributed by atoms with Crippen molar-refractivity contribution in [1.82, 2.24) is 0 Å². The van der Waals surface area contributed by atoms with Gasteiger partial charge in [-0.15, -0.1) is 0 Å². The van der Waals surface area contributed by atoms with Crippen molar-refractivity contribution in [1.29, 1.82) is 0 Å². The average molecular weight is 122 g/mol. The van der Waals surface area contributed by atoms with Crippen LogP contribution in [0.2, 0.25) is 0 Å². The van der Waals surface area contributed by atoms with Crippen LogP contribution in [0.4, 0.5) is 4.39 Å². The summed E-state index contributed by atoms with van der Waals surface area (Å²) in [6.07, 6.45) is 4.25. The van der Waals surface area contributed by atoms with Crippen LogP contribution in [0.15, 0.2) is 36.1 Å². The van der Waals surface area contributed by atoms with E-state index in [1.165, 1.54) is 25.2 Å². The molecule has 0 rings (SSSR count). The highest BCUT2D eigenvalue weighted by Crippen LogP contribution is 2.02. The second kappa shape index (κ2) is 4.13. The molecule has 0 bridgehead atoms. The molecule has 0 amide bonds. The third-order valence-corrected chi connectivity index (χ3v) is 0.755. The van der Waals surface area contributed by atoms with E-state index in [0.29, 0.717) is 0 Å². The lowest BCUT2D eigenvalue weighted by Crippen LogP contribution is -1.75. The van der Waals surface area contributed by atoms with Crippen LogP contribution in [0.5, 0.6) is 0 Å². The van der Waals surface area contributed by atoms with Gasteiger partial charge in [0.15, 0.2) is 0 Å². The minimum atomic E-state index is -0.407.